The zero-order valence-corrected chi connectivity index (χ0v) is 13.2. The molecule has 19 heavy (non-hydrogen) atoms. The van der Waals surface area contributed by atoms with E-state index in [-0.39, 0.29) is 10.7 Å². The van der Waals surface area contributed by atoms with Crippen molar-refractivity contribution in [2.24, 2.45) is 5.92 Å². The topological polar surface area (TPSA) is 22.1 Å². The van der Waals surface area contributed by atoms with Gasteiger partial charge in [0, 0.05) is 23.6 Å². The van der Waals surface area contributed by atoms with Crippen LogP contribution in [-0.2, 0) is 10.3 Å². The second-order valence-electron chi connectivity index (χ2n) is 5.73. The molecule has 0 aliphatic carbocycles. The normalized spacial score (nSPS) is 30.3. The van der Waals surface area contributed by atoms with Crippen molar-refractivity contribution >= 4 is 23.4 Å². The standard InChI is InChI=1S/C14H19ClFNOS/c1-9-7-19-13(2,3)8-14(9,18-4)11-5-10(15)6-17-12(11)16/h5-6,9H,7-8H2,1-4H3. The maximum absolute atomic E-state index is 14.2. The van der Waals surface area contributed by atoms with Gasteiger partial charge in [0.25, 0.3) is 0 Å². The fraction of sp³-hybridized carbons (Fsp3) is 0.643. The highest BCUT2D eigenvalue weighted by Gasteiger charge is 2.48. The van der Waals surface area contributed by atoms with Crippen LogP contribution >= 0.6 is 23.4 Å². The highest BCUT2D eigenvalue weighted by atomic mass is 35.5. The monoisotopic (exact) mass is 303 g/mol. The maximum Gasteiger partial charge on any atom is 0.219 e. The third-order valence-electron chi connectivity index (χ3n) is 3.83. The van der Waals surface area contributed by atoms with Crippen LogP contribution < -0.4 is 0 Å². The first-order chi connectivity index (χ1) is 8.81. The summed E-state index contributed by atoms with van der Waals surface area (Å²) in [5, 5.41) is 0.441. The second kappa shape index (κ2) is 5.23. The number of aromatic nitrogens is 1. The molecule has 0 N–H and O–H groups in total. The summed E-state index contributed by atoms with van der Waals surface area (Å²) >= 11 is 7.88. The van der Waals surface area contributed by atoms with E-state index in [1.54, 1.807) is 13.2 Å². The van der Waals surface area contributed by atoms with E-state index < -0.39 is 11.5 Å². The molecule has 0 bridgehead atoms. The average molecular weight is 304 g/mol. The lowest BCUT2D eigenvalue weighted by atomic mass is 9.76. The van der Waals surface area contributed by atoms with Crippen LogP contribution in [0.5, 0.6) is 0 Å². The van der Waals surface area contributed by atoms with Crippen molar-refractivity contribution < 1.29 is 9.13 Å². The first-order valence-corrected chi connectivity index (χ1v) is 7.68. The Hall–Kier alpha value is -0.320. The molecule has 0 saturated carbocycles. The van der Waals surface area contributed by atoms with Gasteiger partial charge in [-0.2, -0.15) is 16.2 Å². The summed E-state index contributed by atoms with van der Waals surface area (Å²) in [5.74, 6) is 0.637. The largest absolute Gasteiger partial charge is 0.373 e. The Balaban J connectivity index is 2.54. The molecule has 1 aromatic rings. The molecule has 2 rings (SSSR count). The van der Waals surface area contributed by atoms with E-state index in [0.29, 0.717) is 10.6 Å². The van der Waals surface area contributed by atoms with Crippen LogP contribution in [0, 0.1) is 11.9 Å². The van der Waals surface area contributed by atoms with E-state index in [0.717, 1.165) is 12.2 Å². The maximum atomic E-state index is 14.2. The molecule has 2 heterocycles. The Morgan fingerprint density at radius 1 is 1.53 bits per heavy atom. The summed E-state index contributed by atoms with van der Waals surface area (Å²) in [6, 6.07) is 1.65. The SMILES string of the molecule is COC1(c2cc(Cl)cnc2F)CC(C)(C)SCC1C. The summed E-state index contributed by atoms with van der Waals surface area (Å²) in [7, 11) is 1.64. The number of methoxy groups -OCH3 is 1. The smallest absolute Gasteiger partial charge is 0.219 e. The number of hydrogen-bond donors (Lipinski definition) is 0. The fourth-order valence-corrected chi connectivity index (χ4v) is 4.25. The first kappa shape index (κ1) is 15.1. The quantitative estimate of drug-likeness (QED) is 0.762. The van der Waals surface area contributed by atoms with Crippen LogP contribution in [-0.4, -0.2) is 22.6 Å². The van der Waals surface area contributed by atoms with E-state index in [9.17, 15) is 4.39 Å². The minimum atomic E-state index is -0.656. The molecule has 1 fully saturated rings. The number of pyridine rings is 1. The molecule has 2 nitrogen and oxygen atoms in total. The molecule has 0 spiro atoms. The highest BCUT2D eigenvalue weighted by molar-refractivity contribution is 8.00. The lowest BCUT2D eigenvalue weighted by molar-refractivity contribution is -0.0710. The summed E-state index contributed by atoms with van der Waals surface area (Å²) < 4.78 is 20.0. The number of halogens is 2. The zero-order valence-electron chi connectivity index (χ0n) is 11.7. The summed E-state index contributed by atoms with van der Waals surface area (Å²) in [6.07, 6.45) is 2.07. The highest BCUT2D eigenvalue weighted by Crippen LogP contribution is 2.51. The number of nitrogens with zero attached hydrogens (tertiary/aromatic N) is 1. The fourth-order valence-electron chi connectivity index (χ4n) is 2.81. The Labute approximate surface area is 123 Å². The van der Waals surface area contributed by atoms with Crippen LogP contribution in [0.25, 0.3) is 0 Å². The van der Waals surface area contributed by atoms with Gasteiger partial charge in [-0.05, 0) is 24.2 Å². The number of hydrogen-bond acceptors (Lipinski definition) is 3. The molecule has 2 unspecified atom stereocenters. The van der Waals surface area contributed by atoms with Gasteiger partial charge in [0.15, 0.2) is 0 Å². The van der Waals surface area contributed by atoms with Crippen molar-refractivity contribution in [3.8, 4) is 0 Å². The van der Waals surface area contributed by atoms with Crippen LogP contribution in [0.1, 0.15) is 32.8 Å². The Morgan fingerprint density at radius 3 is 2.84 bits per heavy atom. The predicted octanol–water partition coefficient (Wildman–Crippen LogP) is 4.27. The molecule has 1 aliphatic rings. The lowest BCUT2D eigenvalue weighted by Gasteiger charge is -2.48. The summed E-state index contributed by atoms with van der Waals surface area (Å²) in [4.78, 5) is 3.74. The van der Waals surface area contributed by atoms with E-state index in [4.69, 9.17) is 16.3 Å². The third kappa shape index (κ3) is 2.76. The summed E-state index contributed by atoms with van der Waals surface area (Å²) in [6.45, 7) is 6.41. The van der Waals surface area contributed by atoms with Gasteiger partial charge in [0.2, 0.25) is 5.95 Å². The molecule has 5 heteroatoms. The molecule has 1 aliphatic heterocycles. The zero-order chi connectivity index (χ0) is 14.3. The molecule has 0 aromatic carbocycles. The van der Waals surface area contributed by atoms with Gasteiger partial charge in [0.05, 0.1) is 5.02 Å². The minimum absolute atomic E-state index is 0.0390. The van der Waals surface area contributed by atoms with Crippen molar-refractivity contribution in [2.45, 2.75) is 37.5 Å². The lowest BCUT2D eigenvalue weighted by Crippen LogP contribution is -2.47. The van der Waals surface area contributed by atoms with Crippen molar-refractivity contribution in [3.63, 3.8) is 0 Å². The van der Waals surface area contributed by atoms with Gasteiger partial charge in [-0.15, -0.1) is 0 Å². The average Bonchev–Trinajstić information content (AvgIpc) is 2.35. The Morgan fingerprint density at radius 2 is 2.21 bits per heavy atom. The molecular weight excluding hydrogens is 285 g/mol. The van der Waals surface area contributed by atoms with Crippen LogP contribution in [0.2, 0.25) is 5.02 Å². The first-order valence-electron chi connectivity index (χ1n) is 6.31. The molecule has 0 amide bonds. The van der Waals surface area contributed by atoms with Crippen molar-refractivity contribution in [1.29, 1.82) is 0 Å². The Bertz CT molecular complexity index is 483. The number of ether oxygens (including phenoxy) is 1. The van der Waals surface area contributed by atoms with Gasteiger partial charge in [-0.3, -0.25) is 0 Å². The van der Waals surface area contributed by atoms with Crippen LogP contribution in [0.4, 0.5) is 4.39 Å². The van der Waals surface area contributed by atoms with Gasteiger partial charge in [-0.1, -0.05) is 32.4 Å². The van der Waals surface area contributed by atoms with Crippen LogP contribution in [0.15, 0.2) is 12.3 Å². The van der Waals surface area contributed by atoms with E-state index in [2.05, 4.69) is 25.8 Å². The second-order valence-corrected chi connectivity index (χ2v) is 7.90. The van der Waals surface area contributed by atoms with E-state index >= 15 is 0 Å². The number of rotatable bonds is 2. The van der Waals surface area contributed by atoms with Gasteiger partial charge < -0.3 is 4.74 Å². The van der Waals surface area contributed by atoms with Gasteiger partial charge in [-0.25, -0.2) is 4.98 Å². The Kier molecular flexibility index (Phi) is 4.15. The molecule has 2 atom stereocenters. The van der Waals surface area contributed by atoms with Crippen molar-refractivity contribution in [1.82, 2.24) is 4.98 Å². The van der Waals surface area contributed by atoms with Gasteiger partial charge >= 0.3 is 0 Å². The minimum Gasteiger partial charge on any atom is -0.373 e. The van der Waals surface area contributed by atoms with E-state index in [1.807, 2.05) is 11.8 Å². The van der Waals surface area contributed by atoms with Gasteiger partial charge in [0.1, 0.15) is 5.60 Å². The summed E-state index contributed by atoms with van der Waals surface area (Å²) in [5.41, 5.74) is -0.181. The molecule has 106 valence electrons. The van der Waals surface area contributed by atoms with Crippen molar-refractivity contribution in [2.75, 3.05) is 12.9 Å². The van der Waals surface area contributed by atoms with Crippen LogP contribution in [0.3, 0.4) is 0 Å². The molecule has 1 saturated heterocycles. The molecule has 0 radical (unpaired) electrons. The molecular formula is C14H19ClFNOS. The van der Waals surface area contributed by atoms with E-state index in [1.165, 1.54) is 6.20 Å². The predicted molar refractivity (Wildman–Crippen MR) is 78.2 cm³/mol. The third-order valence-corrected chi connectivity index (χ3v) is 5.63. The van der Waals surface area contributed by atoms with Crippen molar-refractivity contribution in [3.05, 3.63) is 28.8 Å². The molecule has 1 aromatic heterocycles. The number of thioether (sulfide) groups is 1.